The summed E-state index contributed by atoms with van der Waals surface area (Å²) in [7, 11) is 0. The molecule has 2 heteroatoms. The minimum Gasteiger partial charge on any atom is -0.310 e. The van der Waals surface area contributed by atoms with Gasteiger partial charge in [0, 0.05) is 19.1 Å². The second kappa shape index (κ2) is 6.06. The molecule has 2 aliphatic rings. The molecule has 1 aromatic rings. The third-order valence-electron chi connectivity index (χ3n) is 4.55. The Hall–Kier alpha value is -0.860. The van der Waals surface area contributed by atoms with E-state index in [0.717, 1.165) is 25.0 Å². The molecular weight excluding hydrogens is 232 g/mol. The number of nitrogens with one attached hydrogen (secondary N) is 1. The molecule has 2 nitrogen and oxygen atoms in total. The Morgan fingerprint density at radius 3 is 2.42 bits per heavy atom. The fourth-order valence-corrected chi connectivity index (χ4v) is 2.89. The van der Waals surface area contributed by atoms with Crippen molar-refractivity contribution in [3.8, 4) is 0 Å². The first-order valence-electron chi connectivity index (χ1n) is 7.84. The topological polar surface area (TPSA) is 15.3 Å². The molecule has 0 bridgehead atoms. The maximum Gasteiger partial charge on any atom is 0.0236 e. The average Bonchev–Trinajstić information content (AvgIpc) is 3.25. The summed E-state index contributed by atoms with van der Waals surface area (Å²) in [6.45, 7) is 7.10. The highest BCUT2D eigenvalue weighted by atomic mass is 15.1. The highest BCUT2D eigenvalue weighted by Crippen LogP contribution is 2.22. The summed E-state index contributed by atoms with van der Waals surface area (Å²) in [6.07, 6.45) is 5.46. The largest absolute Gasteiger partial charge is 0.310 e. The Morgan fingerprint density at radius 1 is 1.05 bits per heavy atom. The number of likely N-dealkylation sites (tertiary alicyclic amines) is 1. The van der Waals surface area contributed by atoms with E-state index in [1.807, 2.05) is 0 Å². The molecule has 0 radical (unpaired) electrons. The lowest BCUT2D eigenvalue weighted by Crippen LogP contribution is -2.32. The highest BCUT2D eigenvalue weighted by molar-refractivity contribution is 5.27. The molecule has 19 heavy (non-hydrogen) atoms. The molecule has 0 amide bonds. The van der Waals surface area contributed by atoms with Crippen LogP contribution in [0.25, 0.3) is 0 Å². The molecule has 0 spiro atoms. The summed E-state index contributed by atoms with van der Waals surface area (Å²) in [6, 6.07) is 9.75. The Balaban J connectivity index is 1.59. The van der Waals surface area contributed by atoms with Crippen molar-refractivity contribution in [3.05, 3.63) is 35.4 Å². The first-order chi connectivity index (χ1) is 9.31. The Bertz CT molecular complexity index is 403. The van der Waals surface area contributed by atoms with Crippen LogP contribution in [0.5, 0.6) is 0 Å². The standard InChI is InChI=1S/C17H26N2/c1-14-8-10-19(11-9-14)13-16-5-3-2-4-15(16)12-18-17-6-7-17/h2-5,14,17-18H,6-13H2,1H3. The Labute approximate surface area is 117 Å². The van der Waals surface area contributed by atoms with Crippen molar-refractivity contribution in [1.29, 1.82) is 0 Å². The lowest BCUT2D eigenvalue weighted by Gasteiger charge is -2.30. The second-order valence-corrected chi connectivity index (χ2v) is 6.38. The van der Waals surface area contributed by atoms with Crippen LogP contribution in [-0.4, -0.2) is 24.0 Å². The summed E-state index contributed by atoms with van der Waals surface area (Å²) in [5.41, 5.74) is 3.01. The van der Waals surface area contributed by atoms with Gasteiger partial charge in [-0.3, -0.25) is 4.90 Å². The van der Waals surface area contributed by atoms with Crippen LogP contribution in [0.4, 0.5) is 0 Å². The molecule has 1 heterocycles. The zero-order valence-corrected chi connectivity index (χ0v) is 12.1. The van der Waals surface area contributed by atoms with Crippen LogP contribution in [-0.2, 0) is 13.1 Å². The quantitative estimate of drug-likeness (QED) is 0.872. The molecule has 0 unspecified atom stereocenters. The van der Waals surface area contributed by atoms with E-state index < -0.39 is 0 Å². The van der Waals surface area contributed by atoms with Crippen molar-refractivity contribution in [1.82, 2.24) is 10.2 Å². The van der Waals surface area contributed by atoms with Crippen molar-refractivity contribution in [2.45, 2.75) is 51.7 Å². The fourth-order valence-electron chi connectivity index (χ4n) is 2.89. The third-order valence-corrected chi connectivity index (χ3v) is 4.55. The van der Waals surface area contributed by atoms with Gasteiger partial charge in [0.2, 0.25) is 0 Å². The van der Waals surface area contributed by atoms with Crippen LogP contribution in [0, 0.1) is 5.92 Å². The SMILES string of the molecule is CC1CCN(Cc2ccccc2CNC2CC2)CC1. The van der Waals surface area contributed by atoms with E-state index in [2.05, 4.69) is 41.4 Å². The van der Waals surface area contributed by atoms with Crippen LogP contribution >= 0.6 is 0 Å². The molecule has 2 fully saturated rings. The number of hydrogen-bond acceptors (Lipinski definition) is 2. The van der Waals surface area contributed by atoms with Gasteiger partial charge in [0.1, 0.15) is 0 Å². The molecule has 1 N–H and O–H groups in total. The van der Waals surface area contributed by atoms with Crippen LogP contribution in [0.15, 0.2) is 24.3 Å². The van der Waals surface area contributed by atoms with Gasteiger partial charge in [-0.25, -0.2) is 0 Å². The van der Waals surface area contributed by atoms with Gasteiger partial charge >= 0.3 is 0 Å². The van der Waals surface area contributed by atoms with Gasteiger partial charge in [0.15, 0.2) is 0 Å². The van der Waals surface area contributed by atoms with Crippen LogP contribution in [0.2, 0.25) is 0 Å². The van der Waals surface area contributed by atoms with Gasteiger partial charge in [-0.1, -0.05) is 31.2 Å². The van der Waals surface area contributed by atoms with E-state index in [1.54, 1.807) is 0 Å². The van der Waals surface area contributed by atoms with Gasteiger partial charge in [-0.2, -0.15) is 0 Å². The predicted octanol–water partition coefficient (Wildman–Crippen LogP) is 3.17. The Morgan fingerprint density at radius 2 is 1.74 bits per heavy atom. The summed E-state index contributed by atoms with van der Waals surface area (Å²) in [5.74, 6) is 0.919. The number of hydrogen-bond donors (Lipinski definition) is 1. The van der Waals surface area contributed by atoms with Gasteiger partial charge in [0.25, 0.3) is 0 Å². The maximum atomic E-state index is 3.64. The van der Waals surface area contributed by atoms with E-state index in [4.69, 9.17) is 0 Å². The minimum atomic E-state index is 0.795. The summed E-state index contributed by atoms with van der Waals surface area (Å²) in [4.78, 5) is 2.62. The minimum absolute atomic E-state index is 0.795. The monoisotopic (exact) mass is 258 g/mol. The first kappa shape index (κ1) is 13.1. The highest BCUT2D eigenvalue weighted by Gasteiger charge is 2.21. The van der Waals surface area contributed by atoms with Crippen LogP contribution in [0.1, 0.15) is 43.7 Å². The third kappa shape index (κ3) is 3.80. The fraction of sp³-hybridized carbons (Fsp3) is 0.647. The molecular formula is C17H26N2. The van der Waals surface area contributed by atoms with Gasteiger partial charge < -0.3 is 5.32 Å². The normalized spacial score (nSPS) is 21.7. The molecule has 0 atom stereocenters. The van der Waals surface area contributed by atoms with E-state index in [9.17, 15) is 0 Å². The molecule has 1 aliphatic carbocycles. The van der Waals surface area contributed by atoms with Crippen LogP contribution in [0.3, 0.4) is 0 Å². The van der Waals surface area contributed by atoms with Crippen molar-refractivity contribution in [3.63, 3.8) is 0 Å². The van der Waals surface area contributed by atoms with E-state index in [-0.39, 0.29) is 0 Å². The molecule has 1 saturated carbocycles. The molecule has 1 aromatic carbocycles. The average molecular weight is 258 g/mol. The van der Waals surface area contributed by atoms with E-state index >= 15 is 0 Å². The van der Waals surface area contributed by atoms with Gasteiger partial charge in [0.05, 0.1) is 0 Å². The molecule has 104 valence electrons. The summed E-state index contributed by atoms with van der Waals surface area (Å²) < 4.78 is 0. The van der Waals surface area contributed by atoms with Crippen molar-refractivity contribution >= 4 is 0 Å². The number of nitrogens with zero attached hydrogens (tertiary/aromatic N) is 1. The lowest BCUT2D eigenvalue weighted by atomic mass is 9.98. The molecule has 1 saturated heterocycles. The van der Waals surface area contributed by atoms with Crippen molar-refractivity contribution < 1.29 is 0 Å². The maximum absolute atomic E-state index is 3.64. The number of piperidine rings is 1. The van der Waals surface area contributed by atoms with Crippen molar-refractivity contribution in [2.75, 3.05) is 13.1 Å². The predicted molar refractivity (Wildman–Crippen MR) is 80.0 cm³/mol. The summed E-state index contributed by atoms with van der Waals surface area (Å²) in [5, 5.41) is 3.64. The van der Waals surface area contributed by atoms with Crippen LogP contribution < -0.4 is 5.32 Å². The smallest absolute Gasteiger partial charge is 0.0236 e. The lowest BCUT2D eigenvalue weighted by molar-refractivity contribution is 0.185. The van der Waals surface area contributed by atoms with Crippen molar-refractivity contribution in [2.24, 2.45) is 5.92 Å². The number of rotatable bonds is 5. The zero-order chi connectivity index (χ0) is 13.1. The summed E-state index contributed by atoms with van der Waals surface area (Å²) >= 11 is 0. The number of benzene rings is 1. The molecule has 0 aromatic heterocycles. The van der Waals surface area contributed by atoms with E-state index in [0.29, 0.717) is 0 Å². The van der Waals surface area contributed by atoms with E-state index in [1.165, 1.54) is 49.9 Å². The Kier molecular flexibility index (Phi) is 4.19. The van der Waals surface area contributed by atoms with Gasteiger partial charge in [-0.15, -0.1) is 0 Å². The molecule has 3 rings (SSSR count). The van der Waals surface area contributed by atoms with Gasteiger partial charge in [-0.05, 0) is 55.8 Å². The zero-order valence-electron chi connectivity index (χ0n) is 12.1. The first-order valence-corrected chi connectivity index (χ1v) is 7.84. The molecule has 1 aliphatic heterocycles. The second-order valence-electron chi connectivity index (χ2n) is 6.38.